The van der Waals surface area contributed by atoms with Crippen molar-refractivity contribution in [3.05, 3.63) is 40.2 Å². The summed E-state index contributed by atoms with van der Waals surface area (Å²) in [5, 5.41) is 78.8. The summed E-state index contributed by atoms with van der Waals surface area (Å²) in [4.78, 5) is 53.6. The van der Waals surface area contributed by atoms with Gasteiger partial charge in [0.1, 0.15) is 52.5 Å². The molecule has 3 heterocycles. The molecule has 19 heteroatoms. The fourth-order valence-corrected chi connectivity index (χ4v) is 9.71. The van der Waals surface area contributed by atoms with E-state index in [-0.39, 0.29) is 53.3 Å². The van der Waals surface area contributed by atoms with Gasteiger partial charge in [0.05, 0.1) is 41.5 Å². The molecule has 62 heavy (non-hydrogen) atoms. The van der Waals surface area contributed by atoms with Crippen molar-refractivity contribution in [1.29, 1.82) is 0 Å². The Morgan fingerprint density at radius 1 is 0.839 bits per heavy atom. The molecule has 0 spiro atoms. The van der Waals surface area contributed by atoms with E-state index in [0.717, 1.165) is 6.92 Å². The minimum atomic E-state index is -2.61. The van der Waals surface area contributed by atoms with Gasteiger partial charge in [-0.1, -0.05) is 0 Å². The molecule has 19 nitrogen and oxygen atoms in total. The van der Waals surface area contributed by atoms with E-state index in [2.05, 4.69) is 0 Å². The van der Waals surface area contributed by atoms with Crippen LogP contribution in [0.15, 0.2) is 23.5 Å². The summed E-state index contributed by atoms with van der Waals surface area (Å²) in [7, 11) is 1.19. The molecule has 0 radical (unpaired) electrons. The molecule has 2 aliphatic carbocycles. The zero-order valence-electron chi connectivity index (χ0n) is 35.5. The highest BCUT2D eigenvalue weighted by Gasteiger charge is 2.65. The number of phenols is 3. The van der Waals surface area contributed by atoms with Gasteiger partial charge in [-0.05, 0) is 71.0 Å². The van der Waals surface area contributed by atoms with Gasteiger partial charge in [-0.2, -0.15) is 0 Å². The minimum Gasteiger partial charge on any atom is -0.508 e. The Morgan fingerprint density at radius 2 is 1.42 bits per heavy atom. The fourth-order valence-electron chi connectivity index (χ4n) is 9.71. The number of hydrogen-bond acceptors (Lipinski definition) is 19. The zero-order valence-corrected chi connectivity index (χ0v) is 35.5. The zero-order chi connectivity index (χ0) is 45.5. The van der Waals surface area contributed by atoms with E-state index in [9.17, 15) is 50.1 Å². The maximum Gasteiger partial charge on any atom is 0.303 e. The van der Waals surface area contributed by atoms with Crippen LogP contribution in [-0.2, 0) is 58.7 Å². The molecule has 7 rings (SSSR count). The van der Waals surface area contributed by atoms with Crippen molar-refractivity contribution in [3.8, 4) is 17.2 Å². The fraction of sp³-hybridized carbons (Fsp3) is 0.628. The van der Waals surface area contributed by atoms with Crippen LogP contribution < -0.4 is 0 Å². The van der Waals surface area contributed by atoms with Crippen molar-refractivity contribution in [3.63, 3.8) is 0 Å². The molecule has 0 unspecified atom stereocenters. The number of benzene rings is 2. The van der Waals surface area contributed by atoms with Crippen LogP contribution in [0, 0.1) is 12.8 Å². The van der Waals surface area contributed by atoms with Crippen molar-refractivity contribution in [1.82, 2.24) is 0 Å². The van der Waals surface area contributed by atoms with E-state index in [1.807, 2.05) is 0 Å². The third-order valence-electron chi connectivity index (χ3n) is 12.8. The molecular weight excluding hydrogens is 820 g/mol. The Morgan fingerprint density at radius 3 is 2.00 bits per heavy atom. The summed E-state index contributed by atoms with van der Waals surface area (Å²) in [6.07, 6.45) is -14.3. The van der Waals surface area contributed by atoms with Crippen molar-refractivity contribution in [2.45, 2.75) is 159 Å². The number of methoxy groups -OCH3 is 1. The van der Waals surface area contributed by atoms with Crippen LogP contribution in [0.1, 0.15) is 82.3 Å². The van der Waals surface area contributed by atoms with Gasteiger partial charge in [0.2, 0.25) is 5.78 Å². The van der Waals surface area contributed by atoms with Crippen molar-refractivity contribution in [2.75, 3.05) is 7.11 Å². The van der Waals surface area contributed by atoms with Gasteiger partial charge in [0.25, 0.3) is 0 Å². The van der Waals surface area contributed by atoms with Crippen LogP contribution in [0.4, 0.5) is 0 Å². The number of esters is 1. The number of ketones is 3. The number of aliphatic hydroxyl groups is 4. The quantitative estimate of drug-likeness (QED) is 0.140. The molecule has 0 amide bonds. The summed E-state index contributed by atoms with van der Waals surface area (Å²) in [5.41, 5.74) is -5.12. The largest absolute Gasteiger partial charge is 0.508 e. The minimum absolute atomic E-state index is 0.0153. The average Bonchev–Trinajstić information content (AvgIpc) is 3.17. The first-order chi connectivity index (χ1) is 29.0. The molecule has 5 aliphatic rings. The molecule has 0 bridgehead atoms. The molecular formula is C43H54O19. The normalized spacial score (nSPS) is 38.7. The second-order valence-electron chi connectivity index (χ2n) is 17.2. The molecule has 0 saturated carbocycles. The van der Waals surface area contributed by atoms with Gasteiger partial charge >= 0.3 is 5.97 Å². The molecule has 0 aromatic heterocycles. The Labute approximate surface area is 356 Å². The lowest BCUT2D eigenvalue weighted by Gasteiger charge is -2.50. The predicted molar refractivity (Wildman–Crippen MR) is 210 cm³/mol. The molecule has 2 aromatic rings. The third kappa shape index (κ3) is 7.65. The number of carbonyl (C=O) groups excluding carboxylic acids is 4. The van der Waals surface area contributed by atoms with E-state index in [0.29, 0.717) is 0 Å². The number of aliphatic hydroxyl groups excluding tert-OH is 3. The highest BCUT2D eigenvalue weighted by atomic mass is 16.7. The van der Waals surface area contributed by atoms with E-state index in [1.54, 1.807) is 13.8 Å². The third-order valence-corrected chi connectivity index (χ3v) is 12.8. The summed E-state index contributed by atoms with van der Waals surface area (Å²) in [5.74, 6) is -7.40. The van der Waals surface area contributed by atoms with Crippen LogP contribution in [0.25, 0.3) is 10.8 Å². The molecule has 340 valence electrons. The Hall–Kier alpha value is -4.28. The Kier molecular flexibility index (Phi) is 12.3. The van der Waals surface area contributed by atoms with Gasteiger partial charge in [-0.15, -0.1) is 0 Å². The van der Waals surface area contributed by atoms with Crippen molar-refractivity contribution >= 4 is 34.1 Å². The number of aromatic hydroxyl groups is 3. The SMILES string of the molecule is CO[C@@H]1C(=O)C(C(C)=O)=C(O)[C@@]2(O[C@H]3C[C@@H](O[C@H]4C[C@@H](O[C@H]5C[C@](C)(O)[C@@H](OC(C)=O)[C@H](C)O5)[C@H](O)[C@@H](C)O4)[C@H](O)[C@@H](C)O3)C(=O)c3c(cc4cc(O)c(C)c(O)c4c3O)C[C@@H]12. The number of rotatable bonds is 9. The number of phenolic OH excluding ortho intramolecular Hbond substituents is 3. The van der Waals surface area contributed by atoms with Crippen LogP contribution in [0.5, 0.6) is 17.2 Å². The molecule has 2 aromatic carbocycles. The van der Waals surface area contributed by atoms with E-state index in [1.165, 1.54) is 46.9 Å². The van der Waals surface area contributed by atoms with Crippen molar-refractivity contribution in [2.24, 2.45) is 5.92 Å². The molecule has 3 saturated heterocycles. The number of Topliss-reactive ketones (excluding diaryl/α,β-unsaturated/α-hetero) is 3. The summed E-state index contributed by atoms with van der Waals surface area (Å²) in [6.45, 7) is 9.81. The van der Waals surface area contributed by atoms with Crippen LogP contribution in [-0.4, -0.2) is 151 Å². The van der Waals surface area contributed by atoms with E-state index in [4.69, 9.17) is 37.9 Å². The monoisotopic (exact) mass is 874 g/mol. The lowest BCUT2D eigenvalue weighted by atomic mass is 9.62. The molecule has 3 aliphatic heterocycles. The molecule has 15 atom stereocenters. The standard InChI is InChI=1S/C43H54O19/c1-15-24(46)11-22-9-21-10-23-38(55-8)37(51)30(16(2)44)39(52)43(23,40(53)32(21)36(50)31(22)33(15)47)62-28-13-26(35(49)18(4)57-28)60-27-12-25(34(48)17(3)56-27)61-29-14-42(7,54)41(19(5)58-29)59-20(6)45/h9,11,17-19,23,25-29,34-35,38,41,46-50,52,54H,10,12-14H2,1-8H3/t17-,18-,19+,23+,25-,26-,27+,28+,29+,34-,35-,38+,41+,42+,43-/m1/s1. The number of hydrogen-bond donors (Lipinski definition) is 7. The van der Waals surface area contributed by atoms with Crippen LogP contribution in [0.2, 0.25) is 0 Å². The number of ether oxygens (including phenoxy) is 8. The van der Waals surface area contributed by atoms with Gasteiger partial charge in [0, 0.05) is 44.8 Å². The van der Waals surface area contributed by atoms with Crippen LogP contribution >= 0.6 is 0 Å². The summed E-state index contributed by atoms with van der Waals surface area (Å²) in [6, 6.07) is 2.75. The molecule has 7 N–H and O–H groups in total. The van der Waals surface area contributed by atoms with Gasteiger partial charge in [0.15, 0.2) is 42.1 Å². The second kappa shape index (κ2) is 16.7. The first kappa shape index (κ1) is 45.7. The average molecular weight is 875 g/mol. The smallest absolute Gasteiger partial charge is 0.303 e. The number of carbonyl (C=O) groups is 4. The Balaban J connectivity index is 1.19. The van der Waals surface area contributed by atoms with E-state index < -0.39 is 143 Å². The summed E-state index contributed by atoms with van der Waals surface area (Å²) >= 11 is 0. The lowest BCUT2D eigenvalue weighted by molar-refractivity contribution is -0.337. The maximum absolute atomic E-state index is 15.1. The lowest BCUT2D eigenvalue weighted by Crippen LogP contribution is -2.65. The highest BCUT2D eigenvalue weighted by molar-refractivity contribution is 6.25. The second-order valence-corrected chi connectivity index (χ2v) is 17.2. The topological polar surface area (TPSA) is 284 Å². The van der Waals surface area contributed by atoms with Gasteiger partial charge < -0.3 is 73.6 Å². The van der Waals surface area contributed by atoms with Crippen molar-refractivity contribution < 1.29 is 92.8 Å². The van der Waals surface area contributed by atoms with Gasteiger partial charge in [-0.25, -0.2) is 0 Å². The predicted octanol–water partition coefficient (Wildman–Crippen LogP) is 1.95. The number of fused-ring (bicyclic) bond motifs is 3. The van der Waals surface area contributed by atoms with Crippen LogP contribution in [0.3, 0.4) is 0 Å². The summed E-state index contributed by atoms with van der Waals surface area (Å²) < 4.78 is 47.8. The van der Waals surface area contributed by atoms with Gasteiger partial charge in [-0.3, -0.25) is 19.2 Å². The Bertz CT molecular complexity index is 2180. The first-order valence-corrected chi connectivity index (χ1v) is 20.5. The highest BCUT2D eigenvalue weighted by Crippen LogP contribution is 2.53. The first-order valence-electron chi connectivity index (χ1n) is 20.5. The maximum atomic E-state index is 15.1. The van der Waals surface area contributed by atoms with E-state index >= 15 is 4.79 Å². The molecule has 3 fully saturated rings.